The average Bonchev–Trinajstić information content (AvgIpc) is 2.86. The van der Waals surface area contributed by atoms with Crippen LogP contribution in [0.3, 0.4) is 0 Å². The summed E-state index contributed by atoms with van der Waals surface area (Å²) in [5.74, 6) is -0.547. The van der Waals surface area contributed by atoms with Crippen molar-refractivity contribution in [3.05, 3.63) is 89.2 Å². The van der Waals surface area contributed by atoms with E-state index in [9.17, 15) is 18.4 Å². The first kappa shape index (κ1) is 24.8. The van der Waals surface area contributed by atoms with Crippen LogP contribution in [0, 0.1) is 0 Å². The van der Waals surface area contributed by atoms with Crippen molar-refractivity contribution >= 4 is 17.5 Å². The number of carbonyl (C=O) groups is 2. The van der Waals surface area contributed by atoms with Crippen LogP contribution >= 0.6 is 0 Å². The van der Waals surface area contributed by atoms with Gasteiger partial charge in [0.1, 0.15) is 11.4 Å². The Balaban J connectivity index is 1.23. The summed E-state index contributed by atoms with van der Waals surface area (Å²) in [5, 5.41) is 6.10. The number of ether oxygens (including phenoxy) is 1. The molecule has 2 amide bonds. The highest BCUT2D eigenvalue weighted by Crippen LogP contribution is 2.41. The van der Waals surface area contributed by atoms with Crippen molar-refractivity contribution in [2.75, 3.05) is 12.4 Å². The zero-order chi connectivity index (χ0) is 26.0. The van der Waals surface area contributed by atoms with Gasteiger partial charge in [-0.1, -0.05) is 36.4 Å². The van der Waals surface area contributed by atoms with Gasteiger partial charge in [0.2, 0.25) is 5.91 Å². The molecule has 192 valence electrons. The van der Waals surface area contributed by atoms with Crippen molar-refractivity contribution in [2.24, 2.45) is 0 Å². The van der Waals surface area contributed by atoms with E-state index in [2.05, 4.69) is 37.4 Å². The lowest BCUT2D eigenvalue weighted by atomic mass is 9.71. The van der Waals surface area contributed by atoms with Gasteiger partial charge in [-0.3, -0.25) is 14.5 Å². The van der Waals surface area contributed by atoms with Crippen molar-refractivity contribution in [2.45, 2.75) is 50.4 Å². The molecule has 9 heteroatoms. The van der Waals surface area contributed by atoms with Gasteiger partial charge in [0.15, 0.2) is 0 Å². The number of anilines is 1. The molecule has 1 unspecified atom stereocenters. The van der Waals surface area contributed by atoms with Crippen LogP contribution in [0.25, 0.3) is 0 Å². The number of amides is 2. The van der Waals surface area contributed by atoms with Crippen LogP contribution in [-0.2, 0) is 23.3 Å². The summed E-state index contributed by atoms with van der Waals surface area (Å²) in [6, 6.07) is 18.1. The number of carbonyl (C=O) groups excluding carboxylic acids is 2. The maximum absolute atomic E-state index is 13.1. The summed E-state index contributed by atoms with van der Waals surface area (Å²) in [5.41, 5.74) is 3.66. The molecule has 5 rings (SSSR count). The fourth-order valence-electron chi connectivity index (χ4n) is 5.03. The summed E-state index contributed by atoms with van der Waals surface area (Å²) in [6.45, 7) is -2.22. The topological polar surface area (TPSA) is 83.6 Å². The number of pyridine rings is 1. The summed E-state index contributed by atoms with van der Waals surface area (Å²) in [7, 11) is 1.96. The van der Waals surface area contributed by atoms with Gasteiger partial charge >= 0.3 is 6.61 Å². The maximum Gasteiger partial charge on any atom is 0.387 e. The quantitative estimate of drug-likeness (QED) is 0.494. The van der Waals surface area contributed by atoms with E-state index >= 15 is 0 Å². The largest absolute Gasteiger partial charge is 0.433 e. The second kappa shape index (κ2) is 10.3. The number of nitrogens with zero attached hydrogens (tertiary/aromatic N) is 2. The third kappa shape index (κ3) is 5.32. The van der Waals surface area contributed by atoms with Crippen LogP contribution in [0.2, 0.25) is 0 Å². The summed E-state index contributed by atoms with van der Waals surface area (Å²) >= 11 is 0. The molecule has 1 fully saturated rings. The number of rotatable bonds is 7. The molecule has 0 spiro atoms. The van der Waals surface area contributed by atoms with Gasteiger partial charge in [0, 0.05) is 12.2 Å². The third-order valence-electron chi connectivity index (χ3n) is 7.25. The number of halogens is 2. The molecule has 1 aromatic heterocycles. The predicted octanol–water partition coefficient (Wildman–Crippen LogP) is 4.49. The molecular formula is C28H28F2N4O3. The Bertz CT molecular complexity index is 1280. The van der Waals surface area contributed by atoms with E-state index in [-0.39, 0.29) is 29.3 Å². The fourth-order valence-corrected chi connectivity index (χ4v) is 5.03. The SMILES string of the molecule is CN1Cc2ccccc2CC1C(=O)Nc1ccc(C2(NC(=O)c3ccc(OC(F)F)cn3)CCC2)cc1. The molecule has 2 N–H and O–H groups in total. The minimum atomic E-state index is -2.95. The molecule has 1 atom stereocenters. The van der Waals surface area contributed by atoms with Gasteiger partial charge in [-0.25, -0.2) is 4.98 Å². The average molecular weight is 507 g/mol. The van der Waals surface area contributed by atoms with Crippen LogP contribution in [0.1, 0.15) is 46.4 Å². The summed E-state index contributed by atoms with van der Waals surface area (Å²) < 4.78 is 29.0. The van der Waals surface area contributed by atoms with Gasteiger partial charge in [-0.15, -0.1) is 0 Å². The Morgan fingerprint density at radius 2 is 1.78 bits per heavy atom. The molecule has 2 aliphatic rings. The van der Waals surface area contributed by atoms with Crippen LogP contribution in [0.5, 0.6) is 5.75 Å². The highest BCUT2D eigenvalue weighted by molar-refractivity contribution is 5.95. The van der Waals surface area contributed by atoms with Crippen LogP contribution in [-0.4, -0.2) is 41.4 Å². The monoisotopic (exact) mass is 506 g/mol. The molecule has 0 radical (unpaired) electrons. The van der Waals surface area contributed by atoms with Crippen molar-refractivity contribution in [3.63, 3.8) is 0 Å². The molecule has 3 aromatic rings. The van der Waals surface area contributed by atoms with Crippen LogP contribution in [0.4, 0.5) is 14.5 Å². The molecular weight excluding hydrogens is 478 g/mol. The van der Waals surface area contributed by atoms with E-state index in [1.54, 1.807) is 0 Å². The fraction of sp³-hybridized carbons (Fsp3) is 0.321. The number of likely N-dealkylation sites (N-methyl/N-ethyl adjacent to an activating group) is 1. The molecule has 1 aliphatic heterocycles. The predicted molar refractivity (Wildman–Crippen MR) is 134 cm³/mol. The number of aromatic nitrogens is 1. The third-order valence-corrected chi connectivity index (χ3v) is 7.25. The van der Waals surface area contributed by atoms with Crippen LogP contribution in [0.15, 0.2) is 66.9 Å². The molecule has 0 bridgehead atoms. The molecule has 7 nitrogen and oxygen atoms in total. The minimum absolute atomic E-state index is 0.0539. The van der Waals surface area contributed by atoms with Gasteiger partial charge in [-0.2, -0.15) is 8.78 Å². The Morgan fingerprint density at radius 3 is 2.41 bits per heavy atom. The van der Waals surface area contributed by atoms with E-state index in [0.29, 0.717) is 12.1 Å². The lowest BCUT2D eigenvalue weighted by molar-refractivity contribution is -0.121. The first-order chi connectivity index (χ1) is 17.8. The Hall–Kier alpha value is -3.85. The minimum Gasteiger partial charge on any atom is -0.433 e. The highest BCUT2D eigenvalue weighted by Gasteiger charge is 2.40. The van der Waals surface area contributed by atoms with Crippen molar-refractivity contribution in [3.8, 4) is 5.75 Å². The normalized spacial score (nSPS) is 18.4. The lowest BCUT2D eigenvalue weighted by Gasteiger charge is -2.43. The molecule has 0 saturated heterocycles. The smallest absolute Gasteiger partial charge is 0.387 e. The second-order valence-electron chi connectivity index (χ2n) is 9.62. The zero-order valence-electron chi connectivity index (χ0n) is 20.4. The number of benzene rings is 2. The Morgan fingerprint density at radius 1 is 1.05 bits per heavy atom. The number of nitrogens with one attached hydrogen (secondary N) is 2. The first-order valence-electron chi connectivity index (χ1n) is 12.2. The molecule has 1 saturated carbocycles. The molecule has 37 heavy (non-hydrogen) atoms. The molecule has 2 heterocycles. The number of hydrogen-bond acceptors (Lipinski definition) is 5. The van der Waals surface area contributed by atoms with E-state index in [0.717, 1.165) is 37.6 Å². The number of hydrogen-bond donors (Lipinski definition) is 2. The summed E-state index contributed by atoms with van der Waals surface area (Å²) in [6.07, 6.45) is 4.26. The molecule has 2 aromatic carbocycles. The van der Waals surface area contributed by atoms with Gasteiger partial charge in [-0.05, 0) is 73.7 Å². The van der Waals surface area contributed by atoms with Crippen molar-refractivity contribution in [1.82, 2.24) is 15.2 Å². The number of alkyl halides is 2. The Kier molecular flexibility index (Phi) is 6.88. The maximum atomic E-state index is 13.1. The highest BCUT2D eigenvalue weighted by atomic mass is 19.3. The van der Waals surface area contributed by atoms with E-state index in [1.807, 2.05) is 43.4 Å². The summed E-state index contributed by atoms with van der Waals surface area (Å²) in [4.78, 5) is 31.9. The van der Waals surface area contributed by atoms with Gasteiger partial charge in [0.25, 0.3) is 5.91 Å². The van der Waals surface area contributed by atoms with Crippen molar-refractivity contribution < 1.29 is 23.1 Å². The van der Waals surface area contributed by atoms with Crippen LogP contribution < -0.4 is 15.4 Å². The van der Waals surface area contributed by atoms with E-state index < -0.39 is 12.2 Å². The first-order valence-corrected chi connectivity index (χ1v) is 12.2. The molecule has 1 aliphatic carbocycles. The van der Waals surface area contributed by atoms with E-state index in [1.165, 1.54) is 23.3 Å². The zero-order valence-corrected chi connectivity index (χ0v) is 20.4. The second-order valence-corrected chi connectivity index (χ2v) is 9.62. The Labute approximate surface area is 213 Å². The number of fused-ring (bicyclic) bond motifs is 1. The standard InChI is InChI=1S/C28H28F2N4O3/c1-34-17-19-6-3-2-5-18(19)15-24(34)26(36)32-21-9-7-20(8-10-21)28(13-4-14-28)33-25(35)23-12-11-22(16-31-23)37-27(29)30/h2-3,5-12,16,24,27H,4,13-15,17H2,1H3,(H,32,36)(H,33,35). The van der Waals surface area contributed by atoms with E-state index in [4.69, 9.17) is 0 Å². The lowest BCUT2D eigenvalue weighted by Crippen LogP contribution is -2.51. The van der Waals surface area contributed by atoms with Gasteiger partial charge in [0.05, 0.1) is 17.8 Å². The van der Waals surface area contributed by atoms with Gasteiger partial charge < -0.3 is 15.4 Å². The van der Waals surface area contributed by atoms with Crippen molar-refractivity contribution in [1.29, 1.82) is 0 Å².